The maximum atomic E-state index is 11.3. The summed E-state index contributed by atoms with van der Waals surface area (Å²) in [6.07, 6.45) is 12.4. The molecule has 0 radical (unpaired) electrons. The van der Waals surface area contributed by atoms with Crippen molar-refractivity contribution >= 4 is 5.78 Å². The van der Waals surface area contributed by atoms with Crippen LogP contribution in [0.15, 0.2) is 0 Å². The van der Waals surface area contributed by atoms with Gasteiger partial charge < -0.3 is 5.73 Å². The number of nitrogens with two attached hydrogens (primary N) is 1. The van der Waals surface area contributed by atoms with Gasteiger partial charge >= 0.3 is 0 Å². The zero-order chi connectivity index (χ0) is 10.6. The van der Waals surface area contributed by atoms with Gasteiger partial charge in [0.05, 0.1) is 0 Å². The molecule has 0 amide bonds. The van der Waals surface area contributed by atoms with Crippen molar-refractivity contribution in [1.82, 2.24) is 0 Å². The van der Waals surface area contributed by atoms with Gasteiger partial charge in [0.1, 0.15) is 5.78 Å². The van der Waals surface area contributed by atoms with Crippen molar-refractivity contribution in [1.29, 1.82) is 0 Å². The van der Waals surface area contributed by atoms with Crippen LogP contribution in [-0.2, 0) is 4.79 Å². The Morgan fingerprint density at radius 3 is 2.36 bits per heavy atom. The lowest BCUT2D eigenvalue weighted by molar-refractivity contribution is -0.119. The maximum absolute atomic E-state index is 11.3. The zero-order valence-electron chi connectivity index (χ0n) is 8.93. The molecule has 0 aromatic rings. The van der Waals surface area contributed by atoms with E-state index in [1.165, 1.54) is 0 Å². The van der Waals surface area contributed by atoms with Gasteiger partial charge in [-0.05, 0) is 25.8 Å². The summed E-state index contributed by atoms with van der Waals surface area (Å²) in [6, 6.07) is 0. The van der Waals surface area contributed by atoms with Gasteiger partial charge in [-0.15, -0.1) is 12.3 Å². The average molecular weight is 195 g/mol. The van der Waals surface area contributed by atoms with E-state index in [1.807, 2.05) is 0 Å². The number of unbranched alkanes of at least 4 members (excludes halogenated alkanes) is 4. The third kappa shape index (κ3) is 9.28. The number of terminal acetylenes is 1. The van der Waals surface area contributed by atoms with Crippen molar-refractivity contribution in [2.75, 3.05) is 6.54 Å². The minimum Gasteiger partial charge on any atom is -0.330 e. The van der Waals surface area contributed by atoms with Gasteiger partial charge in [0.25, 0.3) is 0 Å². The fraction of sp³-hybridized carbons (Fsp3) is 0.750. The van der Waals surface area contributed by atoms with Crippen LogP contribution in [0.25, 0.3) is 0 Å². The first-order valence-corrected chi connectivity index (χ1v) is 5.46. The summed E-state index contributed by atoms with van der Waals surface area (Å²) in [5.41, 5.74) is 5.37. The van der Waals surface area contributed by atoms with E-state index in [-0.39, 0.29) is 0 Å². The molecule has 2 nitrogen and oxygen atoms in total. The smallest absolute Gasteiger partial charge is 0.132 e. The van der Waals surface area contributed by atoms with Crippen molar-refractivity contribution in [3.8, 4) is 12.3 Å². The predicted octanol–water partition coefficient (Wildman–Crippen LogP) is 2.27. The number of carbonyl (C=O) groups is 1. The minimum absolute atomic E-state index is 0.355. The zero-order valence-corrected chi connectivity index (χ0v) is 8.93. The van der Waals surface area contributed by atoms with Crippen LogP contribution in [0.4, 0.5) is 0 Å². The number of Topliss-reactive ketones (excluding diaryl/α,β-unsaturated/α-hetero) is 1. The van der Waals surface area contributed by atoms with Crippen molar-refractivity contribution < 1.29 is 4.79 Å². The molecule has 0 unspecified atom stereocenters. The second kappa shape index (κ2) is 10.3. The molecule has 0 saturated carbocycles. The Morgan fingerprint density at radius 1 is 1.07 bits per heavy atom. The fourth-order valence-corrected chi connectivity index (χ4v) is 1.33. The van der Waals surface area contributed by atoms with Gasteiger partial charge in [-0.3, -0.25) is 4.79 Å². The Morgan fingerprint density at radius 2 is 1.71 bits per heavy atom. The monoisotopic (exact) mass is 195 g/mol. The Bertz CT molecular complexity index is 181. The van der Waals surface area contributed by atoms with Gasteiger partial charge in [-0.1, -0.05) is 12.8 Å². The highest BCUT2D eigenvalue weighted by molar-refractivity contribution is 5.78. The van der Waals surface area contributed by atoms with Gasteiger partial charge in [0.2, 0.25) is 0 Å². The van der Waals surface area contributed by atoms with E-state index >= 15 is 0 Å². The van der Waals surface area contributed by atoms with Crippen molar-refractivity contribution in [3.05, 3.63) is 0 Å². The van der Waals surface area contributed by atoms with Crippen molar-refractivity contribution in [3.63, 3.8) is 0 Å². The van der Waals surface area contributed by atoms with Gasteiger partial charge in [0, 0.05) is 19.3 Å². The van der Waals surface area contributed by atoms with Crippen LogP contribution >= 0.6 is 0 Å². The molecule has 0 bridgehead atoms. The topological polar surface area (TPSA) is 43.1 Å². The van der Waals surface area contributed by atoms with Crippen molar-refractivity contribution in [2.24, 2.45) is 5.73 Å². The molecule has 0 aliphatic rings. The van der Waals surface area contributed by atoms with Gasteiger partial charge in [0.15, 0.2) is 0 Å². The van der Waals surface area contributed by atoms with Gasteiger partial charge in [-0.25, -0.2) is 0 Å². The lowest BCUT2D eigenvalue weighted by atomic mass is 10.1. The van der Waals surface area contributed by atoms with Crippen LogP contribution in [0.1, 0.15) is 51.4 Å². The average Bonchev–Trinajstić information content (AvgIpc) is 2.18. The molecule has 2 heteroatoms. The normalized spacial score (nSPS) is 9.71. The quantitative estimate of drug-likeness (QED) is 0.453. The SMILES string of the molecule is C#CCCCC(=O)CCCCCCN. The first kappa shape index (κ1) is 13.2. The Kier molecular flexibility index (Phi) is 9.68. The highest BCUT2D eigenvalue weighted by Crippen LogP contribution is 2.06. The summed E-state index contributed by atoms with van der Waals surface area (Å²) >= 11 is 0. The van der Waals surface area contributed by atoms with E-state index in [0.29, 0.717) is 12.2 Å². The van der Waals surface area contributed by atoms with E-state index in [4.69, 9.17) is 12.2 Å². The summed E-state index contributed by atoms with van der Waals surface area (Å²) in [6.45, 7) is 0.760. The summed E-state index contributed by atoms with van der Waals surface area (Å²) < 4.78 is 0. The van der Waals surface area contributed by atoms with Gasteiger partial charge in [-0.2, -0.15) is 0 Å². The molecule has 0 spiro atoms. The van der Waals surface area contributed by atoms with E-state index in [9.17, 15) is 4.79 Å². The number of rotatable bonds is 9. The molecule has 0 fully saturated rings. The molecule has 0 aliphatic heterocycles. The number of ketones is 1. The maximum Gasteiger partial charge on any atom is 0.132 e. The molecule has 80 valence electrons. The summed E-state index contributed by atoms with van der Waals surface area (Å²) in [7, 11) is 0. The Labute approximate surface area is 87.3 Å². The number of carbonyl (C=O) groups excluding carboxylic acids is 1. The van der Waals surface area contributed by atoms with E-state index in [1.54, 1.807) is 0 Å². The first-order chi connectivity index (χ1) is 6.81. The summed E-state index contributed by atoms with van der Waals surface area (Å²) in [5, 5.41) is 0. The third-order valence-corrected chi connectivity index (χ3v) is 2.19. The molecule has 14 heavy (non-hydrogen) atoms. The molecular formula is C12H21NO. The molecule has 0 atom stereocenters. The summed E-state index contributed by atoms with van der Waals surface area (Å²) in [5.74, 6) is 2.90. The molecule has 0 aromatic heterocycles. The molecule has 0 heterocycles. The largest absolute Gasteiger partial charge is 0.330 e. The summed E-state index contributed by atoms with van der Waals surface area (Å²) in [4.78, 5) is 11.3. The van der Waals surface area contributed by atoms with E-state index in [0.717, 1.165) is 51.5 Å². The Hall–Kier alpha value is -0.810. The molecule has 0 aliphatic carbocycles. The number of hydrogen-bond acceptors (Lipinski definition) is 2. The second-order valence-corrected chi connectivity index (χ2v) is 3.55. The molecule has 0 rings (SSSR count). The highest BCUT2D eigenvalue weighted by atomic mass is 16.1. The minimum atomic E-state index is 0.355. The Balaban J connectivity index is 3.15. The molecule has 2 N–H and O–H groups in total. The fourth-order valence-electron chi connectivity index (χ4n) is 1.33. The second-order valence-electron chi connectivity index (χ2n) is 3.55. The lowest BCUT2D eigenvalue weighted by Gasteiger charge is -1.99. The highest BCUT2D eigenvalue weighted by Gasteiger charge is 2.00. The van der Waals surface area contributed by atoms with Crippen molar-refractivity contribution in [2.45, 2.75) is 51.4 Å². The standard InChI is InChI=1S/C12H21NO/c1-2-3-6-9-12(14)10-7-4-5-8-11-13/h1H,3-11,13H2. The van der Waals surface area contributed by atoms with E-state index < -0.39 is 0 Å². The lowest BCUT2D eigenvalue weighted by Crippen LogP contribution is -1.99. The number of hydrogen-bond donors (Lipinski definition) is 1. The van der Waals surface area contributed by atoms with E-state index in [2.05, 4.69) is 5.92 Å². The van der Waals surface area contributed by atoms with Crippen LogP contribution in [0.2, 0.25) is 0 Å². The molecule has 0 aromatic carbocycles. The van der Waals surface area contributed by atoms with Crippen LogP contribution in [0.5, 0.6) is 0 Å². The van der Waals surface area contributed by atoms with Crippen LogP contribution in [0.3, 0.4) is 0 Å². The molecular weight excluding hydrogens is 174 g/mol. The van der Waals surface area contributed by atoms with Crippen LogP contribution in [0, 0.1) is 12.3 Å². The first-order valence-electron chi connectivity index (χ1n) is 5.46. The third-order valence-electron chi connectivity index (χ3n) is 2.19. The van der Waals surface area contributed by atoms with Crippen LogP contribution in [-0.4, -0.2) is 12.3 Å². The molecule has 0 saturated heterocycles. The van der Waals surface area contributed by atoms with Crippen LogP contribution < -0.4 is 5.73 Å². The predicted molar refractivity (Wildman–Crippen MR) is 59.8 cm³/mol.